The van der Waals surface area contributed by atoms with Crippen molar-refractivity contribution in [2.75, 3.05) is 5.32 Å². The largest absolute Gasteiger partial charge is 0.343 e. The molecule has 5 nitrogen and oxygen atoms in total. The summed E-state index contributed by atoms with van der Waals surface area (Å²) in [6.07, 6.45) is 1.62. The van der Waals surface area contributed by atoms with Crippen LogP contribution < -0.4 is 10.0 Å². The van der Waals surface area contributed by atoms with Gasteiger partial charge in [0.05, 0.1) is 5.69 Å². The van der Waals surface area contributed by atoms with Gasteiger partial charge in [-0.2, -0.15) is 8.42 Å². The van der Waals surface area contributed by atoms with E-state index in [2.05, 4.69) is 14.4 Å². The minimum Gasteiger partial charge on any atom is -0.337 e. The van der Waals surface area contributed by atoms with Gasteiger partial charge in [-0.15, -0.1) is 4.40 Å². The van der Waals surface area contributed by atoms with Crippen molar-refractivity contribution < 1.29 is 21.6 Å². The number of allylic oxidation sites excluding steroid dienone is 1. The molecule has 0 aliphatic carbocycles. The predicted molar refractivity (Wildman–Crippen MR) is 87.7 cm³/mol. The second-order valence-electron chi connectivity index (χ2n) is 5.23. The quantitative estimate of drug-likeness (QED) is 0.820. The first kappa shape index (κ1) is 17.0. The van der Waals surface area contributed by atoms with Crippen LogP contribution in [0.4, 0.5) is 18.9 Å². The molecule has 0 saturated carbocycles. The molecule has 0 saturated heterocycles. The number of benzene rings is 2. The molecule has 3 rings (SSSR count). The van der Waals surface area contributed by atoms with Crippen LogP contribution in [0.15, 0.2) is 58.6 Å². The molecule has 0 bridgehead atoms. The van der Waals surface area contributed by atoms with Crippen molar-refractivity contribution in [3.05, 3.63) is 77.3 Å². The number of amidine groups is 1. The highest BCUT2D eigenvalue weighted by molar-refractivity contribution is 7.88. The monoisotopic (exact) mass is 367 g/mol. The van der Waals surface area contributed by atoms with Crippen LogP contribution in [0.1, 0.15) is 5.56 Å². The molecule has 2 N–H and O–H groups in total. The molecule has 25 heavy (non-hydrogen) atoms. The zero-order chi connectivity index (χ0) is 18.0. The Morgan fingerprint density at radius 2 is 1.72 bits per heavy atom. The zero-order valence-corrected chi connectivity index (χ0v) is 13.4. The number of anilines is 1. The molecular weight excluding hydrogens is 355 g/mol. The molecule has 0 fully saturated rings. The molecule has 1 heterocycles. The van der Waals surface area contributed by atoms with Crippen molar-refractivity contribution >= 4 is 21.7 Å². The van der Waals surface area contributed by atoms with E-state index in [1.54, 1.807) is 12.1 Å². The molecule has 9 heteroatoms. The van der Waals surface area contributed by atoms with Crippen molar-refractivity contribution in [2.24, 2.45) is 4.40 Å². The lowest BCUT2D eigenvalue weighted by atomic mass is 10.1. The van der Waals surface area contributed by atoms with Crippen LogP contribution in [0.25, 0.3) is 0 Å². The lowest BCUT2D eigenvalue weighted by molar-refractivity contribution is 0.449. The van der Waals surface area contributed by atoms with E-state index in [0.717, 1.165) is 17.7 Å². The first-order valence-corrected chi connectivity index (χ1v) is 8.56. The fourth-order valence-electron chi connectivity index (χ4n) is 2.26. The second kappa shape index (κ2) is 6.60. The smallest absolute Gasteiger partial charge is 0.337 e. The average Bonchev–Trinajstić information content (AvgIpc) is 2.55. The van der Waals surface area contributed by atoms with Gasteiger partial charge >= 0.3 is 10.2 Å². The predicted octanol–water partition coefficient (Wildman–Crippen LogP) is 2.89. The van der Waals surface area contributed by atoms with E-state index in [-0.39, 0.29) is 12.3 Å². The molecule has 2 aromatic carbocycles. The lowest BCUT2D eigenvalue weighted by Crippen LogP contribution is -2.30. The Hall–Kier alpha value is -2.81. The van der Waals surface area contributed by atoms with E-state index >= 15 is 0 Å². The summed E-state index contributed by atoms with van der Waals surface area (Å²) < 4.78 is 69.4. The Morgan fingerprint density at radius 1 is 1.00 bits per heavy atom. The van der Waals surface area contributed by atoms with Gasteiger partial charge in [0.15, 0.2) is 17.5 Å². The van der Waals surface area contributed by atoms with Crippen molar-refractivity contribution in [3.63, 3.8) is 0 Å². The molecule has 0 atom stereocenters. The third kappa shape index (κ3) is 4.00. The summed E-state index contributed by atoms with van der Waals surface area (Å²) in [4.78, 5) is 0. The molecule has 0 spiro atoms. The molecule has 1 aliphatic rings. The van der Waals surface area contributed by atoms with Gasteiger partial charge < -0.3 is 5.32 Å². The van der Waals surface area contributed by atoms with Crippen molar-refractivity contribution in [1.29, 1.82) is 0 Å². The van der Waals surface area contributed by atoms with Gasteiger partial charge in [-0.1, -0.05) is 30.3 Å². The minimum absolute atomic E-state index is 0.213. The summed E-state index contributed by atoms with van der Waals surface area (Å²) in [6, 6.07) is 10.7. The number of halogens is 3. The Labute approximate surface area is 142 Å². The topological polar surface area (TPSA) is 70.6 Å². The van der Waals surface area contributed by atoms with Gasteiger partial charge in [-0.05, 0) is 17.7 Å². The number of nitrogens with one attached hydrogen (secondary N) is 2. The van der Waals surface area contributed by atoms with E-state index in [9.17, 15) is 21.6 Å². The minimum atomic E-state index is -4.04. The summed E-state index contributed by atoms with van der Waals surface area (Å²) in [5, 5.41) is 2.36. The fraction of sp³-hybridized carbons (Fsp3) is 0.0625. The summed E-state index contributed by atoms with van der Waals surface area (Å²) in [5.41, 5.74) is 0.716. The Bertz CT molecular complexity index is 974. The first-order valence-electron chi connectivity index (χ1n) is 7.12. The number of hydrogen-bond acceptors (Lipinski definition) is 3. The Kier molecular flexibility index (Phi) is 4.49. The van der Waals surface area contributed by atoms with Gasteiger partial charge in [0, 0.05) is 18.2 Å². The normalized spacial score (nSPS) is 15.8. The number of rotatable bonds is 3. The molecule has 1 aliphatic heterocycles. The molecule has 0 amide bonds. The van der Waals surface area contributed by atoms with E-state index in [1.807, 2.05) is 18.2 Å². The third-order valence-electron chi connectivity index (χ3n) is 3.32. The van der Waals surface area contributed by atoms with Crippen LogP contribution >= 0.6 is 0 Å². The van der Waals surface area contributed by atoms with Crippen LogP contribution in [0.5, 0.6) is 0 Å². The van der Waals surface area contributed by atoms with Crippen molar-refractivity contribution in [2.45, 2.75) is 6.42 Å². The Morgan fingerprint density at radius 3 is 2.44 bits per heavy atom. The summed E-state index contributed by atoms with van der Waals surface area (Å²) in [6.45, 7) is 0. The highest BCUT2D eigenvalue weighted by atomic mass is 32.2. The lowest BCUT2D eigenvalue weighted by Gasteiger charge is -2.17. The van der Waals surface area contributed by atoms with Gasteiger partial charge in [-0.3, -0.25) is 4.72 Å². The standard InChI is InChI=1S/C16H12F3N3O2S/c17-12-6-7-13(16(19)15(12)18)20-14-9-11(21-25(23,24)22-14)8-10-4-2-1-3-5-10/h1-7,9,21H,8H2,(H,20,22). The zero-order valence-electron chi connectivity index (χ0n) is 12.6. The van der Waals surface area contributed by atoms with Crippen LogP contribution in [0.3, 0.4) is 0 Å². The van der Waals surface area contributed by atoms with Crippen molar-refractivity contribution in [3.8, 4) is 0 Å². The summed E-state index contributed by atoms with van der Waals surface area (Å²) in [7, 11) is -4.04. The van der Waals surface area contributed by atoms with Gasteiger partial charge in [-0.25, -0.2) is 13.2 Å². The van der Waals surface area contributed by atoms with E-state index in [4.69, 9.17) is 0 Å². The number of nitrogens with zero attached hydrogens (tertiary/aromatic N) is 1. The maximum absolute atomic E-state index is 13.7. The average molecular weight is 367 g/mol. The molecule has 0 radical (unpaired) electrons. The molecule has 130 valence electrons. The van der Waals surface area contributed by atoms with Crippen molar-refractivity contribution in [1.82, 2.24) is 4.72 Å². The molecule has 0 unspecified atom stereocenters. The SMILES string of the molecule is O=S1(=O)N=C(Nc2ccc(F)c(F)c2F)C=C(Cc2ccccc2)N1. The highest BCUT2D eigenvalue weighted by Gasteiger charge is 2.20. The first-order chi connectivity index (χ1) is 11.8. The van der Waals surface area contributed by atoms with Gasteiger partial charge in [0.25, 0.3) is 0 Å². The maximum Gasteiger partial charge on any atom is 0.343 e. The maximum atomic E-state index is 13.7. The van der Waals surface area contributed by atoms with Crippen LogP contribution in [-0.4, -0.2) is 14.3 Å². The summed E-state index contributed by atoms with van der Waals surface area (Å²) >= 11 is 0. The van der Waals surface area contributed by atoms with E-state index in [1.165, 1.54) is 6.08 Å². The van der Waals surface area contributed by atoms with Gasteiger partial charge in [0.2, 0.25) is 0 Å². The van der Waals surface area contributed by atoms with E-state index in [0.29, 0.717) is 5.70 Å². The molecule has 2 aromatic rings. The fourth-order valence-corrected chi connectivity index (χ4v) is 3.13. The summed E-state index contributed by atoms with van der Waals surface area (Å²) in [5.74, 6) is -4.68. The second-order valence-corrected chi connectivity index (χ2v) is 6.57. The van der Waals surface area contributed by atoms with Crippen LogP contribution in [0, 0.1) is 17.5 Å². The number of hydrogen-bond donors (Lipinski definition) is 2. The molecule has 0 aromatic heterocycles. The third-order valence-corrected chi connectivity index (χ3v) is 4.28. The van der Waals surface area contributed by atoms with Crippen LogP contribution in [-0.2, 0) is 16.6 Å². The van der Waals surface area contributed by atoms with Crippen LogP contribution in [0.2, 0.25) is 0 Å². The van der Waals surface area contributed by atoms with E-state index < -0.39 is 33.3 Å². The molecular formula is C16H12F3N3O2S. The highest BCUT2D eigenvalue weighted by Crippen LogP contribution is 2.21. The van der Waals surface area contributed by atoms with Gasteiger partial charge in [0.1, 0.15) is 5.84 Å². The Balaban J connectivity index is 1.89.